The number of hydrogen-bond acceptors (Lipinski definition) is 5. The van der Waals surface area contributed by atoms with E-state index in [9.17, 15) is 5.26 Å². The molecule has 0 bridgehead atoms. The Bertz CT molecular complexity index is 846. The van der Waals surface area contributed by atoms with Crippen LogP contribution < -0.4 is 4.74 Å². The summed E-state index contributed by atoms with van der Waals surface area (Å²) in [6.07, 6.45) is 5.82. The van der Waals surface area contributed by atoms with Gasteiger partial charge in [0, 0.05) is 23.8 Å². The molecule has 2 aliphatic rings. The number of nitrogens with zero attached hydrogens (tertiary/aromatic N) is 3. The molecule has 0 N–H and O–H groups in total. The maximum absolute atomic E-state index is 9.88. The van der Waals surface area contributed by atoms with E-state index < -0.39 is 0 Å². The standard InChI is InChI=1S/C21H24BrN3OS/c1-25-9-8-15-17(12-25)16(11-23)21(24-20(15)19-7-4-10-27-19)26-13-14-5-2-3-6-18(14)22/h4,7,10,14,18H,2-3,5-6,8-9,12-13H2,1H3. The molecule has 1 aliphatic heterocycles. The first-order valence-electron chi connectivity index (χ1n) is 9.62. The average Bonchev–Trinajstić information content (AvgIpc) is 3.21. The van der Waals surface area contributed by atoms with Gasteiger partial charge in [-0.1, -0.05) is 34.8 Å². The molecule has 4 nitrogen and oxygen atoms in total. The SMILES string of the molecule is CN1CCc2c(-c3cccs3)nc(OCC3CCCCC3Br)c(C#N)c2C1. The number of rotatable bonds is 4. The second-order valence-corrected chi connectivity index (χ2v) is 9.67. The van der Waals surface area contributed by atoms with Crippen LogP contribution in [0.4, 0.5) is 0 Å². The molecule has 2 atom stereocenters. The number of pyridine rings is 1. The minimum Gasteiger partial charge on any atom is -0.476 e. The molecule has 0 saturated heterocycles. The number of nitriles is 1. The summed E-state index contributed by atoms with van der Waals surface area (Å²) in [5.41, 5.74) is 3.94. The Morgan fingerprint density at radius 3 is 2.96 bits per heavy atom. The summed E-state index contributed by atoms with van der Waals surface area (Å²) in [6.45, 7) is 2.39. The molecule has 142 valence electrons. The smallest absolute Gasteiger partial charge is 0.232 e. The quantitative estimate of drug-likeness (QED) is 0.620. The van der Waals surface area contributed by atoms with Gasteiger partial charge in [-0.3, -0.25) is 0 Å². The first-order chi connectivity index (χ1) is 13.2. The van der Waals surface area contributed by atoms with Crippen molar-refractivity contribution in [2.45, 2.75) is 43.5 Å². The van der Waals surface area contributed by atoms with Gasteiger partial charge in [-0.25, -0.2) is 4.98 Å². The van der Waals surface area contributed by atoms with Crippen molar-refractivity contribution in [3.8, 4) is 22.5 Å². The first kappa shape index (κ1) is 18.9. The van der Waals surface area contributed by atoms with Crippen molar-refractivity contribution in [3.05, 3.63) is 34.2 Å². The fourth-order valence-corrected chi connectivity index (χ4v) is 5.60. The number of ether oxygens (including phenoxy) is 1. The fraction of sp³-hybridized carbons (Fsp3) is 0.524. The van der Waals surface area contributed by atoms with Gasteiger partial charge < -0.3 is 9.64 Å². The third-order valence-corrected chi connectivity index (χ3v) is 7.75. The van der Waals surface area contributed by atoms with E-state index in [1.54, 1.807) is 11.3 Å². The Balaban J connectivity index is 1.71. The zero-order valence-electron chi connectivity index (χ0n) is 15.6. The van der Waals surface area contributed by atoms with Crippen molar-refractivity contribution in [2.24, 2.45) is 5.92 Å². The van der Waals surface area contributed by atoms with Crippen LogP contribution in [0, 0.1) is 17.2 Å². The predicted octanol–water partition coefficient (Wildman–Crippen LogP) is 5.00. The van der Waals surface area contributed by atoms with E-state index in [0.29, 0.717) is 28.8 Å². The maximum Gasteiger partial charge on any atom is 0.232 e. The number of alkyl halides is 1. The second-order valence-electron chi connectivity index (χ2n) is 7.55. The zero-order chi connectivity index (χ0) is 18.8. The van der Waals surface area contributed by atoms with E-state index in [1.807, 2.05) is 0 Å². The second kappa shape index (κ2) is 8.30. The number of aromatic nitrogens is 1. The van der Waals surface area contributed by atoms with Gasteiger partial charge in [0.05, 0.1) is 17.2 Å². The first-order valence-corrected chi connectivity index (χ1v) is 11.4. The lowest BCUT2D eigenvalue weighted by atomic mass is 9.90. The van der Waals surface area contributed by atoms with E-state index in [1.165, 1.54) is 31.2 Å². The van der Waals surface area contributed by atoms with Gasteiger partial charge in [0.1, 0.15) is 11.6 Å². The van der Waals surface area contributed by atoms with Crippen LogP contribution in [0.5, 0.6) is 5.88 Å². The van der Waals surface area contributed by atoms with Crippen LogP contribution >= 0.6 is 27.3 Å². The monoisotopic (exact) mass is 445 g/mol. The van der Waals surface area contributed by atoms with E-state index in [-0.39, 0.29) is 0 Å². The molecule has 1 aliphatic carbocycles. The lowest BCUT2D eigenvalue weighted by Crippen LogP contribution is -2.29. The Morgan fingerprint density at radius 1 is 1.37 bits per heavy atom. The highest BCUT2D eigenvalue weighted by molar-refractivity contribution is 9.09. The maximum atomic E-state index is 9.88. The number of halogens is 1. The van der Waals surface area contributed by atoms with Crippen molar-refractivity contribution < 1.29 is 4.74 Å². The summed E-state index contributed by atoms with van der Waals surface area (Å²) >= 11 is 5.50. The van der Waals surface area contributed by atoms with Crippen molar-refractivity contribution >= 4 is 27.3 Å². The Kier molecular flexibility index (Phi) is 5.82. The van der Waals surface area contributed by atoms with Gasteiger partial charge in [-0.15, -0.1) is 11.3 Å². The highest BCUT2D eigenvalue weighted by Gasteiger charge is 2.28. The molecule has 0 amide bonds. The number of thiophene rings is 1. The molecule has 0 radical (unpaired) electrons. The van der Waals surface area contributed by atoms with Crippen LogP contribution in [0.25, 0.3) is 10.6 Å². The van der Waals surface area contributed by atoms with Crippen LogP contribution in [-0.2, 0) is 13.0 Å². The Hall–Kier alpha value is -1.42. The van der Waals surface area contributed by atoms with E-state index in [4.69, 9.17) is 9.72 Å². The lowest BCUT2D eigenvalue weighted by Gasteiger charge is -2.29. The Morgan fingerprint density at radius 2 is 2.22 bits per heavy atom. The average molecular weight is 446 g/mol. The highest BCUT2D eigenvalue weighted by Crippen LogP contribution is 2.37. The van der Waals surface area contributed by atoms with Crippen LogP contribution in [-0.4, -0.2) is 34.9 Å². The number of fused-ring (bicyclic) bond motifs is 1. The molecule has 1 fully saturated rings. The van der Waals surface area contributed by atoms with Crippen LogP contribution in [0.15, 0.2) is 17.5 Å². The van der Waals surface area contributed by atoms with Crippen molar-refractivity contribution in [1.29, 1.82) is 5.26 Å². The van der Waals surface area contributed by atoms with Crippen LogP contribution in [0.3, 0.4) is 0 Å². The highest BCUT2D eigenvalue weighted by atomic mass is 79.9. The van der Waals surface area contributed by atoms with Crippen molar-refractivity contribution in [3.63, 3.8) is 0 Å². The van der Waals surface area contributed by atoms with Gasteiger partial charge in [0.25, 0.3) is 0 Å². The summed E-state index contributed by atoms with van der Waals surface area (Å²) in [7, 11) is 2.10. The van der Waals surface area contributed by atoms with Crippen LogP contribution in [0.1, 0.15) is 42.4 Å². The van der Waals surface area contributed by atoms with Gasteiger partial charge in [-0.05, 0) is 48.9 Å². The van der Waals surface area contributed by atoms with Gasteiger partial charge in [0.2, 0.25) is 5.88 Å². The third kappa shape index (κ3) is 3.91. The summed E-state index contributed by atoms with van der Waals surface area (Å²) in [5.74, 6) is 0.996. The van der Waals surface area contributed by atoms with E-state index in [0.717, 1.165) is 35.6 Å². The minimum atomic E-state index is 0.482. The topological polar surface area (TPSA) is 49.2 Å². The molecule has 2 aromatic heterocycles. The molecule has 0 spiro atoms. The van der Waals surface area contributed by atoms with Gasteiger partial charge in [0.15, 0.2) is 0 Å². The molecule has 0 aromatic carbocycles. The molecule has 1 saturated carbocycles. The summed E-state index contributed by atoms with van der Waals surface area (Å²) < 4.78 is 6.20. The lowest BCUT2D eigenvalue weighted by molar-refractivity contribution is 0.208. The molecule has 2 aromatic rings. The molecule has 2 unspecified atom stereocenters. The minimum absolute atomic E-state index is 0.482. The molecule has 4 rings (SSSR count). The van der Waals surface area contributed by atoms with Crippen molar-refractivity contribution in [2.75, 3.05) is 20.2 Å². The van der Waals surface area contributed by atoms with Gasteiger partial charge in [-0.2, -0.15) is 5.26 Å². The van der Waals surface area contributed by atoms with Crippen molar-refractivity contribution in [1.82, 2.24) is 9.88 Å². The normalized spacial score (nSPS) is 22.9. The summed E-state index contributed by atoms with van der Waals surface area (Å²) in [6, 6.07) is 6.56. The Labute approximate surface area is 173 Å². The molecular weight excluding hydrogens is 422 g/mol. The zero-order valence-corrected chi connectivity index (χ0v) is 18.0. The number of hydrogen-bond donors (Lipinski definition) is 0. The third-order valence-electron chi connectivity index (χ3n) is 5.67. The van der Waals surface area contributed by atoms with E-state index >= 15 is 0 Å². The largest absolute Gasteiger partial charge is 0.476 e. The number of likely N-dealkylation sites (N-methyl/N-ethyl adjacent to an activating group) is 1. The molecule has 6 heteroatoms. The van der Waals surface area contributed by atoms with E-state index in [2.05, 4.69) is 51.5 Å². The molecule has 3 heterocycles. The van der Waals surface area contributed by atoms with Crippen LogP contribution in [0.2, 0.25) is 0 Å². The molecule has 27 heavy (non-hydrogen) atoms. The molecular formula is C21H24BrN3OS. The predicted molar refractivity (Wildman–Crippen MR) is 112 cm³/mol. The summed E-state index contributed by atoms with van der Waals surface area (Å²) in [5, 5.41) is 12.0. The van der Waals surface area contributed by atoms with Gasteiger partial charge >= 0.3 is 0 Å². The summed E-state index contributed by atoms with van der Waals surface area (Å²) in [4.78, 5) is 8.78. The fourth-order valence-electron chi connectivity index (χ4n) is 4.12.